The number of anilines is 1. The van der Waals surface area contributed by atoms with Gasteiger partial charge >= 0.3 is 6.18 Å². The Balaban J connectivity index is 1.43. The molecule has 31 heavy (non-hydrogen) atoms. The van der Waals surface area contributed by atoms with Gasteiger partial charge in [-0.15, -0.1) is 0 Å². The maximum atomic E-state index is 12.5. The Morgan fingerprint density at radius 3 is 2.68 bits per heavy atom. The monoisotopic (exact) mass is 450 g/mol. The Morgan fingerprint density at radius 1 is 1.16 bits per heavy atom. The minimum atomic E-state index is -4.53. The molecular formula is C21H18ClF3N4O2. The van der Waals surface area contributed by atoms with E-state index < -0.39 is 17.8 Å². The first-order valence-corrected chi connectivity index (χ1v) is 9.52. The van der Waals surface area contributed by atoms with Gasteiger partial charge in [0.05, 0.1) is 11.7 Å². The summed E-state index contributed by atoms with van der Waals surface area (Å²) in [6, 6.07) is 9.10. The first-order chi connectivity index (χ1) is 14.7. The van der Waals surface area contributed by atoms with Gasteiger partial charge in [-0.25, -0.2) is 4.98 Å². The zero-order chi connectivity index (χ0) is 22.4. The van der Waals surface area contributed by atoms with Gasteiger partial charge in [0, 0.05) is 41.0 Å². The van der Waals surface area contributed by atoms with Gasteiger partial charge in [-0.05, 0) is 36.4 Å². The van der Waals surface area contributed by atoms with E-state index in [2.05, 4.69) is 27.2 Å². The second-order valence-corrected chi connectivity index (χ2v) is 6.95. The molecule has 0 radical (unpaired) electrons. The highest BCUT2D eigenvalue weighted by Gasteiger charge is 2.32. The summed E-state index contributed by atoms with van der Waals surface area (Å²) in [7, 11) is 0. The number of rotatable bonds is 8. The molecule has 10 heteroatoms. The van der Waals surface area contributed by atoms with Crippen LogP contribution in [-0.4, -0.2) is 29.0 Å². The number of nitrogens with one attached hydrogen (secondary N) is 2. The molecule has 0 atom stereocenters. The van der Waals surface area contributed by atoms with Crippen LogP contribution in [-0.2, 0) is 11.0 Å². The number of carbonyl (C=O) groups is 1. The highest BCUT2D eigenvalue weighted by atomic mass is 35.5. The standard InChI is InChI=1S/C21H18ClF3N4O2/c1-13(29-17-7-9-26-18-10-14(22)2-4-16(17)18)6-8-27-20(30)12-31-15-3-5-19(28-11-15)21(23,24)25/h2-5,7,9-11H,1,6,8,12H2,(H,26,29)(H,27,30). The Kier molecular flexibility index (Phi) is 6.96. The van der Waals surface area contributed by atoms with E-state index in [1.807, 2.05) is 12.1 Å². The summed E-state index contributed by atoms with van der Waals surface area (Å²) in [4.78, 5) is 19.4. The van der Waals surface area contributed by atoms with E-state index in [9.17, 15) is 18.0 Å². The molecule has 3 rings (SSSR count). The van der Waals surface area contributed by atoms with Crippen LogP contribution in [0.3, 0.4) is 0 Å². The normalized spacial score (nSPS) is 11.2. The topological polar surface area (TPSA) is 76.1 Å². The van der Waals surface area contributed by atoms with Gasteiger partial charge in [0.2, 0.25) is 0 Å². The lowest BCUT2D eigenvalue weighted by Gasteiger charge is -2.13. The van der Waals surface area contributed by atoms with Crippen LogP contribution in [0.1, 0.15) is 12.1 Å². The third-order valence-electron chi connectivity index (χ3n) is 4.16. The van der Waals surface area contributed by atoms with Crippen LogP contribution in [0.5, 0.6) is 5.75 Å². The first-order valence-electron chi connectivity index (χ1n) is 9.14. The fourth-order valence-electron chi connectivity index (χ4n) is 2.67. The van der Waals surface area contributed by atoms with Crippen LogP contribution in [0, 0.1) is 0 Å². The fourth-order valence-corrected chi connectivity index (χ4v) is 2.84. The summed E-state index contributed by atoms with van der Waals surface area (Å²) < 4.78 is 42.6. The molecule has 6 nitrogen and oxygen atoms in total. The van der Waals surface area contributed by atoms with Crippen molar-refractivity contribution in [1.29, 1.82) is 0 Å². The molecule has 0 fully saturated rings. The average molecular weight is 451 g/mol. The highest BCUT2D eigenvalue weighted by molar-refractivity contribution is 6.31. The third-order valence-corrected chi connectivity index (χ3v) is 4.40. The number of amides is 1. The molecular weight excluding hydrogens is 433 g/mol. The number of benzene rings is 1. The molecule has 0 bridgehead atoms. The summed E-state index contributed by atoms with van der Waals surface area (Å²) in [6.45, 7) is 3.91. The van der Waals surface area contributed by atoms with Crippen molar-refractivity contribution in [3.63, 3.8) is 0 Å². The van der Waals surface area contributed by atoms with Crippen LogP contribution in [0.4, 0.5) is 18.9 Å². The van der Waals surface area contributed by atoms with Gasteiger partial charge in [0.15, 0.2) is 6.61 Å². The Morgan fingerprint density at radius 2 is 1.97 bits per heavy atom. The molecule has 3 aromatic rings. The van der Waals surface area contributed by atoms with Crippen molar-refractivity contribution in [2.45, 2.75) is 12.6 Å². The van der Waals surface area contributed by atoms with Gasteiger partial charge in [-0.1, -0.05) is 18.2 Å². The maximum absolute atomic E-state index is 12.5. The van der Waals surface area contributed by atoms with Crippen molar-refractivity contribution in [2.75, 3.05) is 18.5 Å². The van der Waals surface area contributed by atoms with Gasteiger partial charge in [-0.2, -0.15) is 13.2 Å². The van der Waals surface area contributed by atoms with Crippen LogP contribution in [0.15, 0.2) is 61.1 Å². The number of alkyl halides is 3. The van der Waals surface area contributed by atoms with Crippen molar-refractivity contribution in [3.8, 4) is 5.75 Å². The number of fused-ring (bicyclic) bond motifs is 1. The predicted molar refractivity (Wildman–Crippen MR) is 112 cm³/mol. The lowest BCUT2D eigenvalue weighted by molar-refractivity contribution is -0.141. The molecule has 1 aromatic carbocycles. The van der Waals surface area contributed by atoms with E-state index in [1.54, 1.807) is 18.3 Å². The van der Waals surface area contributed by atoms with Crippen molar-refractivity contribution in [2.24, 2.45) is 0 Å². The maximum Gasteiger partial charge on any atom is 0.433 e. The Hall–Kier alpha value is -3.33. The number of aromatic nitrogens is 2. The number of hydrogen-bond donors (Lipinski definition) is 2. The minimum Gasteiger partial charge on any atom is -0.482 e. The third kappa shape index (κ3) is 6.32. The van der Waals surface area contributed by atoms with Crippen molar-refractivity contribution in [1.82, 2.24) is 15.3 Å². The molecule has 0 saturated carbocycles. The molecule has 0 unspecified atom stereocenters. The molecule has 2 N–H and O–H groups in total. The van der Waals surface area contributed by atoms with Crippen LogP contribution >= 0.6 is 11.6 Å². The van der Waals surface area contributed by atoms with Gasteiger partial charge in [-0.3, -0.25) is 9.78 Å². The Labute approximate surface area is 181 Å². The summed E-state index contributed by atoms with van der Waals surface area (Å²) in [5, 5.41) is 7.32. The minimum absolute atomic E-state index is 0.0684. The number of carbonyl (C=O) groups excluding carboxylic acids is 1. The Bertz CT molecular complexity index is 1090. The molecule has 0 aliphatic carbocycles. The lowest BCUT2D eigenvalue weighted by Crippen LogP contribution is -2.30. The van der Waals surface area contributed by atoms with Crippen LogP contribution in [0.2, 0.25) is 5.02 Å². The van der Waals surface area contributed by atoms with Crippen LogP contribution in [0.25, 0.3) is 10.9 Å². The zero-order valence-corrected chi connectivity index (χ0v) is 16.9. The summed E-state index contributed by atoms with van der Waals surface area (Å²) in [5.74, 6) is -0.351. The summed E-state index contributed by atoms with van der Waals surface area (Å²) in [5.41, 5.74) is 1.21. The number of nitrogens with zero attached hydrogens (tertiary/aromatic N) is 2. The van der Waals surface area contributed by atoms with E-state index >= 15 is 0 Å². The van der Waals surface area contributed by atoms with E-state index in [0.29, 0.717) is 23.7 Å². The van der Waals surface area contributed by atoms with Crippen molar-refractivity contribution in [3.05, 3.63) is 71.8 Å². The molecule has 0 aliphatic rings. The SMILES string of the molecule is C=C(CCNC(=O)COc1ccc(C(F)(F)F)nc1)Nc1ccnc2cc(Cl)ccc12. The first kappa shape index (κ1) is 22.4. The number of hydrogen-bond acceptors (Lipinski definition) is 5. The van der Waals surface area contributed by atoms with Gasteiger partial charge in [0.25, 0.3) is 5.91 Å². The van der Waals surface area contributed by atoms with E-state index in [1.165, 1.54) is 0 Å². The molecule has 0 spiro atoms. The second kappa shape index (κ2) is 9.65. The van der Waals surface area contributed by atoms with Gasteiger partial charge in [0.1, 0.15) is 11.4 Å². The average Bonchev–Trinajstić information content (AvgIpc) is 2.72. The van der Waals surface area contributed by atoms with Crippen molar-refractivity contribution < 1.29 is 22.7 Å². The molecule has 0 saturated heterocycles. The predicted octanol–water partition coefficient (Wildman–Crippen LogP) is 4.81. The molecule has 1 amide bonds. The van der Waals surface area contributed by atoms with Gasteiger partial charge < -0.3 is 15.4 Å². The van der Waals surface area contributed by atoms with E-state index in [-0.39, 0.29) is 12.4 Å². The number of halogens is 4. The molecule has 0 aliphatic heterocycles. The second-order valence-electron chi connectivity index (χ2n) is 6.51. The zero-order valence-electron chi connectivity index (χ0n) is 16.2. The van der Waals surface area contributed by atoms with Crippen LogP contribution < -0.4 is 15.4 Å². The molecule has 162 valence electrons. The molecule has 2 aromatic heterocycles. The summed E-state index contributed by atoms with van der Waals surface area (Å²) >= 11 is 5.99. The molecule has 2 heterocycles. The summed E-state index contributed by atoms with van der Waals surface area (Å²) in [6.07, 6.45) is -1.50. The fraction of sp³-hybridized carbons (Fsp3) is 0.190. The number of pyridine rings is 2. The number of ether oxygens (including phenoxy) is 1. The highest BCUT2D eigenvalue weighted by Crippen LogP contribution is 2.28. The van der Waals surface area contributed by atoms with E-state index in [0.717, 1.165) is 34.9 Å². The van der Waals surface area contributed by atoms with Crippen molar-refractivity contribution >= 4 is 34.1 Å². The van der Waals surface area contributed by atoms with E-state index in [4.69, 9.17) is 16.3 Å². The lowest BCUT2D eigenvalue weighted by atomic mass is 10.2. The largest absolute Gasteiger partial charge is 0.482 e. The smallest absolute Gasteiger partial charge is 0.433 e. The quantitative estimate of drug-likeness (QED) is 0.515.